The summed E-state index contributed by atoms with van der Waals surface area (Å²) in [4.78, 5) is 30.5. The normalized spacial score (nSPS) is 17.8. The Bertz CT molecular complexity index is 1480. The number of likely N-dealkylation sites (N-methyl/N-ethyl adjacent to an activating group) is 1. The van der Waals surface area contributed by atoms with Gasteiger partial charge in [0.25, 0.3) is 5.91 Å². The summed E-state index contributed by atoms with van der Waals surface area (Å²) in [5.74, 6) is 0.596. The Morgan fingerprint density at radius 3 is 2.48 bits per heavy atom. The standard InChI is InChI=1S/C31H32N4O5/c1-3-38-31(37)22-6-10-24-25(16-22)33-30(36)28(24)29(21-7-11-26-27(17-21)40-19-39-26)32-23-8-4-20(5-9-23)18-35-14-12-34(2)13-15-35/h4-11,16-17,32H,3,12-15,18-19H2,1-2H3,(H,33,36). The first-order valence-electron chi connectivity index (χ1n) is 13.5. The van der Waals surface area contributed by atoms with E-state index in [0.29, 0.717) is 39.6 Å². The number of carbonyl (C=O) groups excluding carboxylic acids is 2. The summed E-state index contributed by atoms with van der Waals surface area (Å²) in [7, 11) is 2.16. The fourth-order valence-corrected chi connectivity index (χ4v) is 5.20. The van der Waals surface area contributed by atoms with Crippen molar-refractivity contribution >= 4 is 34.5 Å². The summed E-state index contributed by atoms with van der Waals surface area (Å²) in [6.45, 7) is 7.38. The smallest absolute Gasteiger partial charge is 0.338 e. The summed E-state index contributed by atoms with van der Waals surface area (Å²) in [6, 6.07) is 19.1. The molecule has 1 fully saturated rings. The zero-order chi connectivity index (χ0) is 27.6. The third kappa shape index (κ3) is 5.25. The first-order chi connectivity index (χ1) is 19.5. The molecule has 0 spiro atoms. The molecule has 3 aliphatic heterocycles. The summed E-state index contributed by atoms with van der Waals surface area (Å²) in [5.41, 5.74) is 5.62. The van der Waals surface area contributed by atoms with Crippen LogP contribution in [-0.4, -0.2) is 68.3 Å². The molecule has 206 valence electrons. The number of hydrogen-bond acceptors (Lipinski definition) is 8. The van der Waals surface area contributed by atoms with E-state index in [4.69, 9.17) is 14.2 Å². The molecule has 0 atom stereocenters. The molecule has 40 heavy (non-hydrogen) atoms. The SMILES string of the molecule is CCOC(=O)c1ccc2c(c1)NC(=O)C2=C(Nc1ccc(CN2CCN(C)CC2)cc1)c1ccc2c(c1)OCO2. The van der Waals surface area contributed by atoms with E-state index < -0.39 is 5.97 Å². The number of benzene rings is 3. The van der Waals surface area contributed by atoms with Crippen LogP contribution in [0.5, 0.6) is 11.5 Å². The van der Waals surface area contributed by atoms with E-state index in [1.165, 1.54) is 5.56 Å². The van der Waals surface area contributed by atoms with Crippen LogP contribution >= 0.6 is 0 Å². The maximum Gasteiger partial charge on any atom is 0.338 e. The molecular weight excluding hydrogens is 508 g/mol. The maximum absolute atomic E-state index is 13.4. The van der Waals surface area contributed by atoms with Gasteiger partial charge in [-0.05, 0) is 62.0 Å². The van der Waals surface area contributed by atoms with Gasteiger partial charge in [-0.15, -0.1) is 0 Å². The zero-order valence-corrected chi connectivity index (χ0v) is 22.7. The first kappa shape index (κ1) is 25.9. The number of hydrogen-bond donors (Lipinski definition) is 2. The molecule has 3 aliphatic rings. The second-order valence-electron chi connectivity index (χ2n) is 10.2. The minimum absolute atomic E-state index is 0.160. The van der Waals surface area contributed by atoms with E-state index in [0.717, 1.165) is 44.0 Å². The molecule has 0 bridgehead atoms. The topological polar surface area (TPSA) is 92.4 Å². The molecule has 3 heterocycles. The monoisotopic (exact) mass is 540 g/mol. The van der Waals surface area contributed by atoms with E-state index in [1.54, 1.807) is 25.1 Å². The lowest BCUT2D eigenvalue weighted by atomic mass is 9.98. The molecule has 3 aromatic carbocycles. The van der Waals surface area contributed by atoms with Crippen molar-refractivity contribution in [1.82, 2.24) is 9.80 Å². The van der Waals surface area contributed by atoms with Gasteiger partial charge in [-0.25, -0.2) is 4.79 Å². The van der Waals surface area contributed by atoms with E-state index in [2.05, 4.69) is 39.6 Å². The third-order valence-electron chi connectivity index (χ3n) is 7.41. The van der Waals surface area contributed by atoms with Crippen molar-refractivity contribution in [3.05, 3.63) is 82.9 Å². The van der Waals surface area contributed by atoms with Gasteiger partial charge in [-0.1, -0.05) is 18.2 Å². The van der Waals surface area contributed by atoms with E-state index in [1.807, 2.05) is 30.3 Å². The van der Waals surface area contributed by atoms with E-state index >= 15 is 0 Å². The Labute approximate surface area is 233 Å². The highest BCUT2D eigenvalue weighted by molar-refractivity contribution is 6.37. The molecule has 2 N–H and O–H groups in total. The maximum atomic E-state index is 13.4. The quantitative estimate of drug-likeness (QED) is 0.339. The lowest BCUT2D eigenvalue weighted by Crippen LogP contribution is -2.43. The molecule has 0 aromatic heterocycles. The van der Waals surface area contributed by atoms with Crippen LogP contribution in [0.4, 0.5) is 11.4 Å². The molecule has 9 heteroatoms. The van der Waals surface area contributed by atoms with Gasteiger partial charge >= 0.3 is 5.97 Å². The second kappa shape index (κ2) is 11.0. The molecule has 0 saturated carbocycles. The van der Waals surface area contributed by atoms with Crippen molar-refractivity contribution in [2.75, 3.05) is 57.3 Å². The zero-order valence-electron chi connectivity index (χ0n) is 22.7. The van der Waals surface area contributed by atoms with Gasteiger partial charge in [-0.2, -0.15) is 0 Å². The van der Waals surface area contributed by atoms with Crippen molar-refractivity contribution in [1.29, 1.82) is 0 Å². The van der Waals surface area contributed by atoms with Gasteiger partial charge in [-0.3, -0.25) is 9.69 Å². The van der Waals surface area contributed by atoms with Gasteiger partial charge < -0.3 is 29.7 Å². The summed E-state index contributed by atoms with van der Waals surface area (Å²) in [5, 5.41) is 6.43. The number of anilines is 2. The number of nitrogens with zero attached hydrogens (tertiary/aromatic N) is 2. The van der Waals surface area contributed by atoms with Gasteiger partial charge in [0.2, 0.25) is 6.79 Å². The number of nitrogens with one attached hydrogen (secondary N) is 2. The van der Waals surface area contributed by atoms with Crippen LogP contribution in [0.2, 0.25) is 0 Å². The van der Waals surface area contributed by atoms with Crippen LogP contribution in [0.15, 0.2) is 60.7 Å². The highest BCUT2D eigenvalue weighted by Gasteiger charge is 2.30. The van der Waals surface area contributed by atoms with Crippen molar-refractivity contribution in [3.63, 3.8) is 0 Å². The van der Waals surface area contributed by atoms with E-state index in [-0.39, 0.29) is 19.3 Å². The molecule has 3 aromatic rings. The van der Waals surface area contributed by atoms with Crippen LogP contribution in [0.25, 0.3) is 11.3 Å². The minimum Gasteiger partial charge on any atom is -0.462 e. The average molecular weight is 541 g/mol. The van der Waals surface area contributed by atoms with Crippen molar-refractivity contribution in [2.45, 2.75) is 13.5 Å². The van der Waals surface area contributed by atoms with Gasteiger partial charge in [0.05, 0.1) is 29.1 Å². The van der Waals surface area contributed by atoms with Crippen LogP contribution in [0.3, 0.4) is 0 Å². The highest BCUT2D eigenvalue weighted by Crippen LogP contribution is 2.41. The molecular formula is C31H32N4O5. The van der Waals surface area contributed by atoms with Crippen LogP contribution in [0, 0.1) is 0 Å². The summed E-state index contributed by atoms with van der Waals surface area (Å²) >= 11 is 0. The molecule has 9 nitrogen and oxygen atoms in total. The molecule has 0 aliphatic carbocycles. The number of carbonyl (C=O) groups is 2. The van der Waals surface area contributed by atoms with Crippen LogP contribution < -0.4 is 20.1 Å². The fraction of sp³-hybridized carbons (Fsp3) is 0.290. The number of amides is 1. The average Bonchev–Trinajstić information content (AvgIpc) is 3.56. The van der Waals surface area contributed by atoms with Crippen LogP contribution in [-0.2, 0) is 16.1 Å². The van der Waals surface area contributed by atoms with Crippen molar-refractivity contribution in [2.24, 2.45) is 0 Å². The molecule has 1 saturated heterocycles. The molecule has 0 radical (unpaired) electrons. The number of piperazine rings is 1. The Hall–Kier alpha value is -4.34. The molecule has 0 unspecified atom stereocenters. The lowest BCUT2D eigenvalue weighted by molar-refractivity contribution is -0.110. The summed E-state index contributed by atoms with van der Waals surface area (Å²) < 4.78 is 16.3. The minimum atomic E-state index is -0.428. The Kier molecular flexibility index (Phi) is 7.15. The summed E-state index contributed by atoms with van der Waals surface area (Å²) in [6.07, 6.45) is 0. The van der Waals surface area contributed by atoms with Gasteiger partial charge in [0, 0.05) is 49.5 Å². The second-order valence-corrected chi connectivity index (χ2v) is 10.2. The van der Waals surface area contributed by atoms with E-state index in [9.17, 15) is 9.59 Å². The highest BCUT2D eigenvalue weighted by atomic mass is 16.7. The number of rotatable bonds is 7. The van der Waals surface area contributed by atoms with Gasteiger partial charge in [0.15, 0.2) is 11.5 Å². The van der Waals surface area contributed by atoms with Crippen molar-refractivity contribution < 1.29 is 23.8 Å². The van der Waals surface area contributed by atoms with Gasteiger partial charge in [0.1, 0.15) is 0 Å². The Morgan fingerprint density at radius 2 is 1.70 bits per heavy atom. The first-order valence-corrected chi connectivity index (χ1v) is 13.5. The molecule has 1 amide bonds. The Balaban J connectivity index is 1.34. The predicted molar refractivity (Wildman–Crippen MR) is 153 cm³/mol. The number of esters is 1. The number of ether oxygens (including phenoxy) is 3. The largest absolute Gasteiger partial charge is 0.462 e. The lowest BCUT2D eigenvalue weighted by Gasteiger charge is -2.32. The fourth-order valence-electron chi connectivity index (χ4n) is 5.20. The molecule has 6 rings (SSSR count). The van der Waals surface area contributed by atoms with Crippen LogP contribution in [0.1, 0.15) is 34.0 Å². The van der Waals surface area contributed by atoms with Crippen molar-refractivity contribution in [3.8, 4) is 11.5 Å². The predicted octanol–water partition coefficient (Wildman–Crippen LogP) is 4.27. The Morgan fingerprint density at radius 1 is 0.950 bits per heavy atom. The third-order valence-corrected chi connectivity index (χ3v) is 7.41. The number of fused-ring (bicyclic) bond motifs is 2.